The fourth-order valence-electron chi connectivity index (χ4n) is 4.50. The summed E-state index contributed by atoms with van der Waals surface area (Å²) in [5.74, 6) is 1.07. The van der Waals surface area contributed by atoms with E-state index in [-0.39, 0.29) is 11.4 Å². The molecule has 1 saturated heterocycles. The van der Waals surface area contributed by atoms with E-state index in [1.807, 2.05) is 10.6 Å². The van der Waals surface area contributed by atoms with Crippen molar-refractivity contribution in [1.29, 1.82) is 0 Å². The molecule has 3 aromatic rings. The number of nitrogens with zero attached hydrogens (tertiary/aromatic N) is 4. The quantitative estimate of drug-likeness (QED) is 0.774. The van der Waals surface area contributed by atoms with Gasteiger partial charge in [-0.3, -0.25) is 14.7 Å². The first kappa shape index (κ1) is 16.4. The van der Waals surface area contributed by atoms with Crippen molar-refractivity contribution >= 4 is 0 Å². The van der Waals surface area contributed by atoms with Gasteiger partial charge in [-0.15, -0.1) is 0 Å². The van der Waals surface area contributed by atoms with Crippen molar-refractivity contribution in [3.63, 3.8) is 0 Å². The number of aromatic nitrogens is 4. The summed E-state index contributed by atoms with van der Waals surface area (Å²) in [6.07, 6.45) is 5.77. The number of rotatable bonds is 3. The Labute approximate surface area is 155 Å². The minimum Gasteiger partial charge on any atom is -0.344 e. The van der Waals surface area contributed by atoms with Crippen LogP contribution in [-0.2, 0) is 13.1 Å². The highest BCUT2D eigenvalue weighted by atomic mass is 19.1. The Morgan fingerprint density at radius 1 is 1.15 bits per heavy atom. The summed E-state index contributed by atoms with van der Waals surface area (Å²) < 4.78 is 15.0. The van der Waals surface area contributed by atoms with Crippen LogP contribution in [0, 0.1) is 11.7 Å². The maximum Gasteiger partial charge on any atom is 0.261 e. The third kappa shape index (κ3) is 2.98. The lowest BCUT2D eigenvalue weighted by molar-refractivity contribution is 0.113. The van der Waals surface area contributed by atoms with Gasteiger partial charge < -0.3 is 9.55 Å². The normalized spacial score (nSPS) is 21.8. The van der Waals surface area contributed by atoms with Gasteiger partial charge in [0.25, 0.3) is 5.56 Å². The summed E-state index contributed by atoms with van der Waals surface area (Å²) in [5, 5.41) is 0. The van der Waals surface area contributed by atoms with Crippen LogP contribution in [0.2, 0.25) is 0 Å². The second kappa shape index (κ2) is 6.42. The van der Waals surface area contributed by atoms with Crippen molar-refractivity contribution in [2.24, 2.45) is 5.92 Å². The molecule has 3 aromatic heterocycles. The molecule has 2 aliphatic heterocycles. The number of fused-ring (bicyclic) bond motifs is 4. The van der Waals surface area contributed by atoms with E-state index in [4.69, 9.17) is 0 Å². The van der Waals surface area contributed by atoms with E-state index >= 15 is 0 Å². The van der Waals surface area contributed by atoms with Crippen LogP contribution < -0.4 is 5.56 Å². The van der Waals surface area contributed by atoms with Crippen molar-refractivity contribution in [2.45, 2.75) is 25.4 Å². The zero-order chi connectivity index (χ0) is 18.4. The van der Waals surface area contributed by atoms with Gasteiger partial charge in [-0.1, -0.05) is 0 Å². The molecule has 0 aromatic carbocycles. The highest BCUT2D eigenvalue weighted by Crippen LogP contribution is 2.36. The molecule has 0 amide bonds. The standard InChI is InChI=1S/C20H20FN5O/c21-15-1-2-16(24-8-15)12-25-9-13-7-14(11-25)18-4-3-17(19-22-5-6-23-19)20(27)26(18)10-13/h1-6,8,13-14H,7,9-12H2,(H,22,23)/t13-,14+/m0/s1. The van der Waals surface area contributed by atoms with E-state index in [1.54, 1.807) is 18.5 Å². The van der Waals surface area contributed by atoms with E-state index in [2.05, 4.69) is 25.9 Å². The van der Waals surface area contributed by atoms with E-state index in [1.165, 1.54) is 12.3 Å². The molecule has 0 saturated carbocycles. The Morgan fingerprint density at radius 2 is 2.07 bits per heavy atom. The zero-order valence-electron chi connectivity index (χ0n) is 14.8. The van der Waals surface area contributed by atoms with Gasteiger partial charge in [0.15, 0.2) is 0 Å². The summed E-state index contributed by atoms with van der Waals surface area (Å²) in [6.45, 7) is 3.25. The molecule has 0 unspecified atom stereocenters. The molecule has 5 rings (SSSR count). The third-order valence-corrected chi connectivity index (χ3v) is 5.61. The topological polar surface area (TPSA) is 66.8 Å². The molecule has 2 bridgehead atoms. The maximum absolute atomic E-state index is 13.1. The highest BCUT2D eigenvalue weighted by molar-refractivity contribution is 5.53. The van der Waals surface area contributed by atoms with Crippen LogP contribution >= 0.6 is 0 Å². The molecule has 1 fully saturated rings. The fraction of sp³-hybridized carbons (Fsp3) is 0.350. The minimum absolute atomic E-state index is 0.0331. The second-order valence-electron chi connectivity index (χ2n) is 7.49. The highest BCUT2D eigenvalue weighted by Gasteiger charge is 2.35. The van der Waals surface area contributed by atoms with E-state index in [9.17, 15) is 9.18 Å². The smallest absolute Gasteiger partial charge is 0.261 e. The molecular formula is C20H20FN5O. The van der Waals surface area contributed by atoms with Gasteiger partial charge in [0.1, 0.15) is 11.6 Å². The van der Waals surface area contributed by atoms with Crippen molar-refractivity contribution in [2.75, 3.05) is 13.1 Å². The molecule has 5 heterocycles. The largest absolute Gasteiger partial charge is 0.344 e. The van der Waals surface area contributed by atoms with Crippen molar-refractivity contribution in [1.82, 2.24) is 24.4 Å². The first-order chi connectivity index (χ1) is 13.2. The number of nitrogens with one attached hydrogen (secondary N) is 1. The molecule has 7 heteroatoms. The third-order valence-electron chi connectivity index (χ3n) is 5.61. The minimum atomic E-state index is -0.310. The molecule has 0 aliphatic carbocycles. The Balaban J connectivity index is 1.42. The number of imidazole rings is 1. The molecule has 2 atom stereocenters. The number of likely N-dealkylation sites (tertiary alicyclic amines) is 1. The van der Waals surface area contributed by atoms with Gasteiger partial charge in [0.2, 0.25) is 0 Å². The predicted octanol–water partition coefficient (Wildman–Crippen LogP) is 2.39. The van der Waals surface area contributed by atoms with Crippen LogP contribution in [0.5, 0.6) is 0 Å². The molecule has 6 nitrogen and oxygen atoms in total. The Bertz CT molecular complexity index is 1010. The lowest BCUT2D eigenvalue weighted by Crippen LogP contribution is -2.47. The van der Waals surface area contributed by atoms with Crippen molar-refractivity contribution in [3.05, 3.63) is 70.4 Å². The fourth-order valence-corrected chi connectivity index (χ4v) is 4.50. The lowest BCUT2D eigenvalue weighted by atomic mass is 9.83. The van der Waals surface area contributed by atoms with Gasteiger partial charge in [-0.05, 0) is 36.6 Å². The van der Waals surface area contributed by atoms with Crippen LogP contribution in [0.4, 0.5) is 4.39 Å². The predicted molar refractivity (Wildman–Crippen MR) is 98.6 cm³/mol. The summed E-state index contributed by atoms with van der Waals surface area (Å²) in [5.41, 5.74) is 2.63. The van der Waals surface area contributed by atoms with E-state index < -0.39 is 0 Å². The summed E-state index contributed by atoms with van der Waals surface area (Å²) in [6, 6.07) is 7.15. The van der Waals surface area contributed by atoms with Crippen LogP contribution in [0.25, 0.3) is 11.4 Å². The first-order valence-corrected chi connectivity index (χ1v) is 9.23. The number of piperidine rings is 1. The van der Waals surface area contributed by atoms with Crippen LogP contribution in [-0.4, -0.2) is 37.5 Å². The Morgan fingerprint density at radius 3 is 2.85 bits per heavy atom. The summed E-state index contributed by atoms with van der Waals surface area (Å²) in [7, 11) is 0. The maximum atomic E-state index is 13.1. The van der Waals surface area contributed by atoms with Crippen LogP contribution in [0.1, 0.15) is 23.7 Å². The average molecular weight is 365 g/mol. The van der Waals surface area contributed by atoms with Gasteiger partial charge in [0.05, 0.1) is 17.5 Å². The first-order valence-electron chi connectivity index (χ1n) is 9.23. The van der Waals surface area contributed by atoms with E-state index in [0.29, 0.717) is 29.8 Å². The summed E-state index contributed by atoms with van der Waals surface area (Å²) in [4.78, 5) is 26.8. The SMILES string of the molecule is O=c1c(-c2ncc[nH]2)ccc2n1C[C@H]1C[C@@H]2CN(Cc2ccc(F)cn2)C1. The molecular weight excluding hydrogens is 345 g/mol. The number of aromatic amines is 1. The Kier molecular flexibility index (Phi) is 3.89. The van der Waals surface area contributed by atoms with Gasteiger partial charge in [-0.25, -0.2) is 9.37 Å². The van der Waals surface area contributed by atoms with Crippen molar-refractivity contribution in [3.8, 4) is 11.4 Å². The lowest BCUT2D eigenvalue weighted by Gasteiger charge is -2.42. The number of halogens is 1. The van der Waals surface area contributed by atoms with E-state index in [0.717, 1.165) is 37.4 Å². The molecule has 27 heavy (non-hydrogen) atoms. The second-order valence-corrected chi connectivity index (χ2v) is 7.49. The zero-order valence-corrected chi connectivity index (χ0v) is 14.8. The summed E-state index contributed by atoms with van der Waals surface area (Å²) >= 11 is 0. The molecule has 1 N–H and O–H groups in total. The number of pyridine rings is 2. The van der Waals surface area contributed by atoms with Crippen LogP contribution in [0.15, 0.2) is 47.7 Å². The molecule has 138 valence electrons. The molecule has 2 aliphatic rings. The number of hydrogen-bond donors (Lipinski definition) is 1. The van der Waals surface area contributed by atoms with Gasteiger partial charge in [-0.2, -0.15) is 0 Å². The van der Waals surface area contributed by atoms with Crippen LogP contribution in [0.3, 0.4) is 0 Å². The van der Waals surface area contributed by atoms with Gasteiger partial charge >= 0.3 is 0 Å². The molecule has 0 radical (unpaired) electrons. The molecule has 0 spiro atoms. The van der Waals surface area contributed by atoms with Gasteiger partial charge in [0, 0.05) is 50.2 Å². The van der Waals surface area contributed by atoms with Crippen molar-refractivity contribution < 1.29 is 4.39 Å². The number of hydrogen-bond acceptors (Lipinski definition) is 4. The Hall–Kier alpha value is -2.80. The number of H-pyrrole nitrogens is 1. The average Bonchev–Trinajstić information content (AvgIpc) is 3.19. The monoisotopic (exact) mass is 365 g/mol.